The molecular weight excluding hydrogens is 290 g/mol. The summed E-state index contributed by atoms with van der Waals surface area (Å²) >= 11 is 0. The van der Waals surface area contributed by atoms with Gasteiger partial charge in [0.1, 0.15) is 0 Å². The molecule has 0 bridgehead atoms. The van der Waals surface area contributed by atoms with E-state index in [1.165, 1.54) is 64.5 Å². The first kappa shape index (κ1) is 18.5. The molecule has 1 heterocycles. The Hall–Kier alpha value is -0.810. The van der Waals surface area contributed by atoms with Crippen LogP contribution in [0.25, 0.3) is 0 Å². The Labute approximate surface area is 141 Å². The Bertz CT molecular complexity index is 350. The topological polar surface area (TPSA) is 64.6 Å². The Morgan fingerprint density at radius 2 is 1.74 bits per heavy atom. The van der Waals surface area contributed by atoms with Crippen molar-refractivity contribution in [3.8, 4) is 0 Å². The van der Waals surface area contributed by atoms with Gasteiger partial charge in [0, 0.05) is 25.2 Å². The summed E-state index contributed by atoms with van der Waals surface area (Å²) < 4.78 is 0. The minimum Gasteiger partial charge on any atom is -0.396 e. The first-order valence-corrected chi connectivity index (χ1v) is 9.54. The van der Waals surface area contributed by atoms with Crippen molar-refractivity contribution in [2.45, 2.75) is 70.3 Å². The Balaban J connectivity index is 1.82. The predicted molar refractivity (Wildman–Crippen MR) is 93.5 cm³/mol. The molecule has 1 saturated carbocycles. The van der Waals surface area contributed by atoms with Crippen LogP contribution in [0.5, 0.6) is 0 Å². The van der Waals surface area contributed by atoms with Crippen LogP contribution in [-0.2, 0) is 0 Å². The second-order valence-electron chi connectivity index (χ2n) is 7.51. The summed E-state index contributed by atoms with van der Waals surface area (Å²) in [4.78, 5) is 14.8. The van der Waals surface area contributed by atoms with E-state index >= 15 is 0 Å². The molecule has 1 atom stereocenters. The number of amides is 2. The lowest BCUT2D eigenvalue weighted by Crippen LogP contribution is -2.59. The number of piperidine rings is 1. The van der Waals surface area contributed by atoms with Crippen molar-refractivity contribution >= 4 is 6.03 Å². The first-order valence-electron chi connectivity index (χ1n) is 9.54. The number of aliphatic hydroxyl groups excluding tert-OH is 1. The number of nitrogens with zero attached hydrogens (tertiary/aromatic N) is 1. The third-order valence-corrected chi connectivity index (χ3v) is 5.62. The molecule has 5 nitrogen and oxygen atoms in total. The van der Waals surface area contributed by atoms with E-state index in [1.807, 2.05) is 6.92 Å². The largest absolute Gasteiger partial charge is 0.396 e. The van der Waals surface area contributed by atoms with Crippen molar-refractivity contribution in [3.05, 3.63) is 0 Å². The Kier molecular flexibility index (Phi) is 7.63. The monoisotopic (exact) mass is 325 g/mol. The van der Waals surface area contributed by atoms with Crippen molar-refractivity contribution in [1.29, 1.82) is 0 Å². The molecule has 1 unspecified atom stereocenters. The molecule has 1 aliphatic carbocycles. The quantitative estimate of drug-likeness (QED) is 0.674. The van der Waals surface area contributed by atoms with E-state index in [1.54, 1.807) is 0 Å². The number of nitrogens with one attached hydrogen (secondary N) is 2. The average molecular weight is 325 g/mol. The van der Waals surface area contributed by atoms with Crippen LogP contribution in [0.1, 0.15) is 64.7 Å². The third kappa shape index (κ3) is 5.64. The molecule has 134 valence electrons. The van der Waals surface area contributed by atoms with Crippen molar-refractivity contribution < 1.29 is 9.90 Å². The second-order valence-corrected chi connectivity index (χ2v) is 7.51. The van der Waals surface area contributed by atoms with E-state index in [2.05, 4.69) is 15.5 Å². The fourth-order valence-electron chi connectivity index (χ4n) is 4.08. The van der Waals surface area contributed by atoms with E-state index in [0.29, 0.717) is 12.5 Å². The summed E-state index contributed by atoms with van der Waals surface area (Å²) in [5.74, 6) is 0.316. The zero-order valence-corrected chi connectivity index (χ0v) is 14.8. The number of hydrogen-bond donors (Lipinski definition) is 3. The number of urea groups is 1. The van der Waals surface area contributed by atoms with Gasteiger partial charge in [-0.1, -0.05) is 32.6 Å². The number of rotatable bonds is 7. The third-order valence-electron chi connectivity index (χ3n) is 5.62. The summed E-state index contributed by atoms with van der Waals surface area (Å²) in [7, 11) is 0. The SMILES string of the molecule is CC(CCO)CNC(=O)NCC1(N2CCCCC2)CCCCC1. The van der Waals surface area contributed by atoms with Crippen LogP contribution in [0.4, 0.5) is 4.79 Å². The van der Waals surface area contributed by atoms with Gasteiger partial charge < -0.3 is 15.7 Å². The molecular formula is C18H35N3O2. The predicted octanol–water partition coefficient (Wildman–Crippen LogP) is 2.49. The molecule has 0 aromatic rings. The molecule has 23 heavy (non-hydrogen) atoms. The van der Waals surface area contributed by atoms with Gasteiger partial charge >= 0.3 is 6.03 Å². The highest BCUT2D eigenvalue weighted by atomic mass is 16.3. The Morgan fingerprint density at radius 1 is 1.09 bits per heavy atom. The van der Waals surface area contributed by atoms with Gasteiger partial charge in [-0.25, -0.2) is 4.79 Å². The van der Waals surface area contributed by atoms with Crippen LogP contribution in [0.3, 0.4) is 0 Å². The standard InChI is InChI=1S/C18H35N3O2/c1-16(8-13-22)14-19-17(23)20-15-18(9-4-2-5-10-18)21-11-6-3-7-12-21/h16,22H,2-15H2,1H3,(H2,19,20,23). The van der Waals surface area contributed by atoms with Crippen LogP contribution in [-0.4, -0.2) is 54.4 Å². The fourth-order valence-corrected chi connectivity index (χ4v) is 4.08. The minimum atomic E-state index is -0.0586. The summed E-state index contributed by atoms with van der Waals surface area (Å²) in [6.07, 6.45) is 11.0. The molecule has 1 aliphatic heterocycles. The zero-order chi connectivity index (χ0) is 16.5. The lowest BCUT2D eigenvalue weighted by atomic mass is 9.79. The molecule has 2 rings (SSSR count). The van der Waals surface area contributed by atoms with Gasteiger partial charge in [-0.05, 0) is 51.1 Å². The fraction of sp³-hybridized carbons (Fsp3) is 0.944. The highest BCUT2D eigenvalue weighted by Crippen LogP contribution is 2.35. The smallest absolute Gasteiger partial charge is 0.314 e. The number of hydrogen-bond acceptors (Lipinski definition) is 3. The van der Waals surface area contributed by atoms with Crippen molar-refractivity contribution in [3.63, 3.8) is 0 Å². The molecule has 2 amide bonds. The summed E-state index contributed by atoms with van der Waals surface area (Å²) in [6, 6.07) is -0.0586. The number of aliphatic hydroxyl groups is 1. The summed E-state index contributed by atoms with van der Waals surface area (Å²) in [5.41, 5.74) is 0.187. The number of likely N-dealkylation sites (tertiary alicyclic amines) is 1. The van der Waals surface area contributed by atoms with E-state index in [-0.39, 0.29) is 18.2 Å². The van der Waals surface area contributed by atoms with E-state index in [0.717, 1.165) is 13.0 Å². The second kappa shape index (κ2) is 9.48. The molecule has 2 aliphatic rings. The van der Waals surface area contributed by atoms with Crippen LogP contribution in [0.2, 0.25) is 0 Å². The maximum atomic E-state index is 12.1. The first-order chi connectivity index (χ1) is 11.2. The Morgan fingerprint density at radius 3 is 2.39 bits per heavy atom. The van der Waals surface area contributed by atoms with Gasteiger partial charge in [0.05, 0.1) is 0 Å². The molecule has 3 N–H and O–H groups in total. The molecule has 0 spiro atoms. The van der Waals surface area contributed by atoms with Crippen LogP contribution in [0, 0.1) is 5.92 Å². The maximum absolute atomic E-state index is 12.1. The number of carbonyl (C=O) groups is 1. The van der Waals surface area contributed by atoms with Crippen molar-refractivity contribution in [1.82, 2.24) is 15.5 Å². The minimum absolute atomic E-state index is 0.0586. The average Bonchev–Trinajstić information content (AvgIpc) is 2.60. The maximum Gasteiger partial charge on any atom is 0.314 e. The van der Waals surface area contributed by atoms with E-state index in [4.69, 9.17) is 5.11 Å². The van der Waals surface area contributed by atoms with Crippen LogP contribution in [0.15, 0.2) is 0 Å². The highest BCUT2D eigenvalue weighted by Gasteiger charge is 2.38. The normalized spacial score (nSPS) is 23.2. The molecule has 5 heteroatoms. The van der Waals surface area contributed by atoms with Crippen molar-refractivity contribution in [2.75, 3.05) is 32.8 Å². The van der Waals surface area contributed by atoms with Gasteiger partial charge in [-0.2, -0.15) is 0 Å². The molecule has 2 fully saturated rings. The van der Waals surface area contributed by atoms with Crippen LogP contribution < -0.4 is 10.6 Å². The van der Waals surface area contributed by atoms with Crippen molar-refractivity contribution in [2.24, 2.45) is 5.92 Å². The summed E-state index contributed by atoms with van der Waals surface area (Å²) in [5, 5.41) is 15.0. The molecule has 0 aromatic carbocycles. The highest BCUT2D eigenvalue weighted by molar-refractivity contribution is 5.73. The lowest BCUT2D eigenvalue weighted by molar-refractivity contribution is 0.0354. The van der Waals surface area contributed by atoms with Gasteiger partial charge in [-0.3, -0.25) is 4.90 Å². The van der Waals surface area contributed by atoms with E-state index < -0.39 is 0 Å². The molecule has 0 aromatic heterocycles. The van der Waals surface area contributed by atoms with Gasteiger partial charge in [-0.15, -0.1) is 0 Å². The lowest BCUT2D eigenvalue weighted by Gasteiger charge is -2.48. The van der Waals surface area contributed by atoms with Crippen LogP contribution >= 0.6 is 0 Å². The van der Waals surface area contributed by atoms with Gasteiger partial charge in [0.15, 0.2) is 0 Å². The zero-order valence-electron chi connectivity index (χ0n) is 14.8. The molecule has 0 radical (unpaired) electrons. The van der Waals surface area contributed by atoms with Gasteiger partial charge in [0.25, 0.3) is 0 Å². The van der Waals surface area contributed by atoms with Gasteiger partial charge in [0.2, 0.25) is 0 Å². The summed E-state index contributed by atoms with van der Waals surface area (Å²) in [6.45, 7) is 6.01. The number of carbonyl (C=O) groups excluding carboxylic acids is 1. The van der Waals surface area contributed by atoms with E-state index in [9.17, 15) is 4.79 Å². The molecule has 1 saturated heterocycles.